The van der Waals surface area contributed by atoms with E-state index in [4.69, 9.17) is 13.9 Å². The SMILES string of the molecule is N#Cc1c(NC(=O)COC(=O)c2ccc(COc3ccccc3)o2)sc2c1CCC2. The summed E-state index contributed by atoms with van der Waals surface area (Å²) in [4.78, 5) is 25.4. The number of nitrogens with zero attached hydrogens (tertiary/aromatic N) is 1. The van der Waals surface area contributed by atoms with E-state index in [0.29, 0.717) is 22.1 Å². The van der Waals surface area contributed by atoms with Gasteiger partial charge in [0.05, 0.1) is 5.56 Å². The first-order chi connectivity index (χ1) is 14.6. The Hall–Kier alpha value is -3.57. The molecule has 0 spiro atoms. The number of aryl methyl sites for hydroxylation is 1. The zero-order valence-corrected chi connectivity index (χ0v) is 16.8. The van der Waals surface area contributed by atoms with Gasteiger partial charge in [-0.3, -0.25) is 4.79 Å². The average molecular weight is 422 g/mol. The lowest BCUT2D eigenvalue weighted by molar-refractivity contribution is -0.119. The van der Waals surface area contributed by atoms with Gasteiger partial charge in [0.25, 0.3) is 5.91 Å². The molecule has 152 valence electrons. The standard InChI is InChI=1S/C22H18N2O5S/c23-11-17-16-7-4-8-19(16)30-21(17)24-20(25)13-28-22(26)18-10-9-15(29-18)12-27-14-5-2-1-3-6-14/h1-3,5-6,9-10H,4,7-8,12-13H2,(H,24,25). The number of thiophene rings is 1. The van der Waals surface area contributed by atoms with E-state index < -0.39 is 18.5 Å². The molecule has 0 bridgehead atoms. The van der Waals surface area contributed by atoms with Crippen molar-refractivity contribution in [3.8, 4) is 11.8 Å². The van der Waals surface area contributed by atoms with Gasteiger partial charge in [0.1, 0.15) is 29.2 Å². The molecule has 0 saturated carbocycles. The number of anilines is 1. The number of carbonyl (C=O) groups excluding carboxylic acids is 2. The minimum Gasteiger partial charge on any atom is -0.486 e. The number of carbonyl (C=O) groups is 2. The predicted octanol–water partition coefficient (Wildman–Crippen LogP) is 4.08. The van der Waals surface area contributed by atoms with Crippen LogP contribution in [-0.2, 0) is 29.0 Å². The third-order valence-corrected chi connectivity index (χ3v) is 5.81. The fourth-order valence-corrected chi connectivity index (χ4v) is 4.47. The molecule has 2 aromatic heterocycles. The van der Waals surface area contributed by atoms with E-state index >= 15 is 0 Å². The first kappa shape index (κ1) is 19.7. The van der Waals surface area contributed by atoms with Crippen LogP contribution in [0.2, 0.25) is 0 Å². The lowest BCUT2D eigenvalue weighted by Gasteiger charge is -2.05. The van der Waals surface area contributed by atoms with Gasteiger partial charge < -0.3 is 19.2 Å². The van der Waals surface area contributed by atoms with E-state index in [-0.39, 0.29) is 12.4 Å². The van der Waals surface area contributed by atoms with Crippen LogP contribution in [0.25, 0.3) is 0 Å². The second kappa shape index (κ2) is 8.84. The Morgan fingerprint density at radius 1 is 1.17 bits per heavy atom. The Balaban J connectivity index is 1.28. The van der Waals surface area contributed by atoms with Crippen molar-refractivity contribution in [2.75, 3.05) is 11.9 Å². The number of benzene rings is 1. The van der Waals surface area contributed by atoms with Gasteiger partial charge in [0.15, 0.2) is 6.61 Å². The molecule has 1 N–H and O–H groups in total. The summed E-state index contributed by atoms with van der Waals surface area (Å²) in [6, 6.07) is 14.5. The van der Waals surface area contributed by atoms with Crippen LogP contribution in [0.15, 0.2) is 46.9 Å². The average Bonchev–Trinajstić information content (AvgIpc) is 3.47. The molecule has 8 heteroatoms. The Morgan fingerprint density at radius 2 is 2.00 bits per heavy atom. The summed E-state index contributed by atoms with van der Waals surface area (Å²) in [5, 5.41) is 12.6. The van der Waals surface area contributed by atoms with Crippen LogP contribution in [-0.4, -0.2) is 18.5 Å². The molecule has 1 amide bonds. The van der Waals surface area contributed by atoms with Crippen molar-refractivity contribution < 1.29 is 23.5 Å². The van der Waals surface area contributed by atoms with Crippen molar-refractivity contribution in [1.29, 1.82) is 5.26 Å². The summed E-state index contributed by atoms with van der Waals surface area (Å²) in [6.45, 7) is -0.305. The minimum absolute atomic E-state index is 0.0118. The number of ether oxygens (including phenoxy) is 2. The van der Waals surface area contributed by atoms with Gasteiger partial charge in [-0.05, 0) is 49.1 Å². The molecule has 0 aliphatic heterocycles. The molecule has 0 saturated heterocycles. The van der Waals surface area contributed by atoms with Crippen LogP contribution in [0, 0.1) is 11.3 Å². The lowest BCUT2D eigenvalue weighted by Crippen LogP contribution is -2.20. The highest BCUT2D eigenvalue weighted by Gasteiger charge is 2.23. The maximum absolute atomic E-state index is 12.2. The fourth-order valence-electron chi connectivity index (χ4n) is 3.21. The summed E-state index contributed by atoms with van der Waals surface area (Å²) in [5.41, 5.74) is 1.54. The third kappa shape index (κ3) is 4.36. The van der Waals surface area contributed by atoms with E-state index in [1.807, 2.05) is 30.3 Å². The van der Waals surface area contributed by atoms with Crippen molar-refractivity contribution in [3.05, 3.63) is 70.0 Å². The van der Waals surface area contributed by atoms with E-state index in [9.17, 15) is 14.9 Å². The van der Waals surface area contributed by atoms with Crippen molar-refractivity contribution in [2.45, 2.75) is 25.9 Å². The van der Waals surface area contributed by atoms with Gasteiger partial charge in [-0.25, -0.2) is 4.79 Å². The zero-order valence-electron chi connectivity index (χ0n) is 16.0. The number of hydrogen-bond donors (Lipinski definition) is 1. The van der Waals surface area contributed by atoms with Crippen molar-refractivity contribution in [2.24, 2.45) is 0 Å². The first-order valence-corrected chi connectivity index (χ1v) is 10.2. The maximum Gasteiger partial charge on any atom is 0.374 e. The van der Waals surface area contributed by atoms with Gasteiger partial charge >= 0.3 is 5.97 Å². The summed E-state index contributed by atoms with van der Waals surface area (Å²) in [7, 11) is 0. The molecular formula is C22H18N2O5S. The van der Waals surface area contributed by atoms with E-state index in [2.05, 4.69) is 11.4 Å². The second-order valence-corrected chi connectivity index (χ2v) is 7.77. The number of furan rings is 1. The smallest absolute Gasteiger partial charge is 0.374 e. The highest BCUT2D eigenvalue weighted by Crippen LogP contribution is 2.38. The van der Waals surface area contributed by atoms with Gasteiger partial charge in [-0.15, -0.1) is 11.3 Å². The number of rotatable bonds is 7. The molecule has 0 radical (unpaired) electrons. The second-order valence-electron chi connectivity index (χ2n) is 6.67. The number of fused-ring (bicyclic) bond motifs is 1. The van der Waals surface area contributed by atoms with Gasteiger partial charge in [0.2, 0.25) is 5.76 Å². The van der Waals surface area contributed by atoms with Crippen molar-refractivity contribution >= 4 is 28.2 Å². The summed E-state index contributed by atoms with van der Waals surface area (Å²) in [5.74, 6) is -0.112. The molecule has 0 unspecified atom stereocenters. The number of esters is 1. The van der Waals surface area contributed by atoms with Gasteiger partial charge in [0, 0.05) is 4.88 Å². The predicted molar refractivity (Wildman–Crippen MR) is 109 cm³/mol. The molecule has 1 aliphatic rings. The number of nitrogens with one attached hydrogen (secondary N) is 1. The van der Waals surface area contributed by atoms with Crippen molar-refractivity contribution in [3.63, 3.8) is 0 Å². The number of amides is 1. The Morgan fingerprint density at radius 3 is 2.80 bits per heavy atom. The van der Waals surface area contributed by atoms with Crippen LogP contribution in [0.5, 0.6) is 5.75 Å². The molecule has 3 aromatic rings. The lowest BCUT2D eigenvalue weighted by atomic mass is 10.1. The molecular weight excluding hydrogens is 404 g/mol. The maximum atomic E-state index is 12.2. The highest BCUT2D eigenvalue weighted by molar-refractivity contribution is 7.16. The number of para-hydroxylation sites is 1. The molecule has 2 heterocycles. The zero-order chi connectivity index (χ0) is 20.9. The number of nitriles is 1. The molecule has 1 aliphatic carbocycles. The summed E-state index contributed by atoms with van der Waals surface area (Å²) >= 11 is 1.41. The highest BCUT2D eigenvalue weighted by atomic mass is 32.1. The Labute approximate surface area is 176 Å². The molecule has 4 rings (SSSR count). The first-order valence-electron chi connectivity index (χ1n) is 9.42. The monoisotopic (exact) mass is 422 g/mol. The normalized spacial score (nSPS) is 12.1. The largest absolute Gasteiger partial charge is 0.486 e. The van der Waals surface area contributed by atoms with Crippen LogP contribution < -0.4 is 10.1 Å². The van der Waals surface area contributed by atoms with E-state index in [1.165, 1.54) is 17.4 Å². The molecule has 1 aromatic carbocycles. The van der Waals surface area contributed by atoms with Crippen molar-refractivity contribution in [1.82, 2.24) is 0 Å². The number of hydrogen-bond acceptors (Lipinski definition) is 7. The van der Waals surface area contributed by atoms with Crippen LogP contribution in [0.4, 0.5) is 5.00 Å². The van der Waals surface area contributed by atoms with E-state index in [0.717, 1.165) is 29.7 Å². The van der Waals surface area contributed by atoms with E-state index in [1.54, 1.807) is 6.07 Å². The Bertz CT molecular complexity index is 1110. The van der Waals surface area contributed by atoms with Crippen LogP contribution in [0.1, 0.15) is 38.7 Å². The summed E-state index contributed by atoms with van der Waals surface area (Å²) in [6.07, 6.45) is 2.81. The molecule has 0 fully saturated rings. The third-order valence-electron chi connectivity index (χ3n) is 4.61. The molecule has 0 atom stereocenters. The minimum atomic E-state index is -0.745. The van der Waals surface area contributed by atoms with Gasteiger partial charge in [-0.2, -0.15) is 5.26 Å². The van der Waals surface area contributed by atoms with Crippen LogP contribution in [0.3, 0.4) is 0 Å². The quantitative estimate of drug-likeness (QED) is 0.576. The van der Waals surface area contributed by atoms with Gasteiger partial charge in [-0.1, -0.05) is 18.2 Å². The van der Waals surface area contributed by atoms with Crippen LogP contribution >= 0.6 is 11.3 Å². The Kier molecular flexibility index (Phi) is 5.82. The molecule has 30 heavy (non-hydrogen) atoms. The fraction of sp³-hybridized carbons (Fsp3) is 0.227. The molecule has 7 nitrogen and oxygen atoms in total. The summed E-state index contributed by atoms with van der Waals surface area (Å²) < 4.78 is 16.0. The topological polar surface area (TPSA) is 102 Å².